The van der Waals surface area contributed by atoms with Crippen molar-refractivity contribution in [2.75, 3.05) is 20.2 Å². The Morgan fingerprint density at radius 2 is 2.14 bits per heavy atom. The van der Waals surface area contributed by atoms with E-state index in [4.69, 9.17) is 4.74 Å². The molecule has 2 unspecified atom stereocenters. The number of rotatable bonds is 6. The zero-order valence-corrected chi connectivity index (χ0v) is 13.2. The predicted octanol–water partition coefficient (Wildman–Crippen LogP) is 2.65. The average molecular weight is 290 g/mol. The van der Waals surface area contributed by atoms with E-state index < -0.39 is 0 Å². The van der Waals surface area contributed by atoms with Crippen LogP contribution in [0.4, 0.5) is 0 Å². The van der Waals surface area contributed by atoms with Crippen molar-refractivity contribution >= 4 is 5.91 Å². The van der Waals surface area contributed by atoms with E-state index in [9.17, 15) is 4.79 Å². The van der Waals surface area contributed by atoms with E-state index >= 15 is 0 Å². The van der Waals surface area contributed by atoms with Crippen LogP contribution >= 0.6 is 0 Å². The molecule has 2 N–H and O–H groups in total. The Balaban J connectivity index is 2.03. The molecule has 0 spiro atoms. The van der Waals surface area contributed by atoms with Gasteiger partial charge in [-0.25, -0.2) is 0 Å². The van der Waals surface area contributed by atoms with Gasteiger partial charge in [0.05, 0.1) is 18.6 Å². The maximum absolute atomic E-state index is 12.7. The minimum Gasteiger partial charge on any atom is -0.497 e. The van der Waals surface area contributed by atoms with E-state index in [1.165, 1.54) is 0 Å². The first kappa shape index (κ1) is 15.8. The quantitative estimate of drug-likeness (QED) is 0.847. The van der Waals surface area contributed by atoms with Crippen LogP contribution in [0.2, 0.25) is 0 Å². The summed E-state index contributed by atoms with van der Waals surface area (Å²) in [5.74, 6) is 1.01. The summed E-state index contributed by atoms with van der Waals surface area (Å²) >= 11 is 0. The van der Waals surface area contributed by atoms with Gasteiger partial charge in [0, 0.05) is 6.54 Å². The first-order chi connectivity index (χ1) is 10.1. The molecule has 116 valence electrons. The van der Waals surface area contributed by atoms with E-state index in [-0.39, 0.29) is 17.4 Å². The molecule has 1 fully saturated rings. The number of nitrogens with one attached hydrogen (secondary N) is 2. The van der Waals surface area contributed by atoms with E-state index in [0.29, 0.717) is 0 Å². The van der Waals surface area contributed by atoms with Gasteiger partial charge < -0.3 is 15.4 Å². The largest absolute Gasteiger partial charge is 0.497 e. The molecule has 1 aromatic rings. The van der Waals surface area contributed by atoms with Gasteiger partial charge in [-0.1, -0.05) is 25.5 Å². The summed E-state index contributed by atoms with van der Waals surface area (Å²) in [6, 6.07) is 7.87. The molecular formula is C17H26N2O2. The summed E-state index contributed by atoms with van der Waals surface area (Å²) in [5, 5.41) is 6.51. The fourth-order valence-corrected chi connectivity index (χ4v) is 3.07. The van der Waals surface area contributed by atoms with Gasteiger partial charge in [0.2, 0.25) is 5.91 Å². The SMILES string of the molecule is CCCC1(C(=O)NC(C)c2ccc(OC)cc2)CCNC1. The van der Waals surface area contributed by atoms with Crippen LogP contribution in [-0.4, -0.2) is 26.1 Å². The van der Waals surface area contributed by atoms with Crippen LogP contribution in [0.3, 0.4) is 0 Å². The summed E-state index contributed by atoms with van der Waals surface area (Å²) in [6.45, 7) is 5.90. The molecule has 1 heterocycles. The van der Waals surface area contributed by atoms with Crippen molar-refractivity contribution in [3.8, 4) is 5.75 Å². The molecule has 0 aromatic heterocycles. The smallest absolute Gasteiger partial charge is 0.228 e. The van der Waals surface area contributed by atoms with Crippen molar-refractivity contribution in [2.24, 2.45) is 5.41 Å². The first-order valence-electron chi connectivity index (χ1n) is 7.77. The lowest BCUT2D eigenvalue weighted by Gasteiger charge is -2.28. The van der Waals surface area contributed by atoms with Gasteiger partial charge in [-0.05, 0) is 44.0 Å². The van der Waals surface area contributed by atoms with Gasteiger partial charge in [0.1, 0.15) is 5.75 Å². The summed E-state index contributed by atoms with van der Waals surface area (Å²) in [6.07, 6.45) is 2.91. The first-order valence-corrected chi connectivity index (χ1v) is 7.77. The van der Waals surface area contributed by atoms with Crippen molar-refractivity contribution in [3.05, 3.63) is 29.8 Å². The van der Waals surface area contributed by atoms with Crippen LogP contribution in [0.5, 0.6) is 5.75 Å². The number of hydrogen-bond acceptors (Lipinski definition) is 3. The molecule has 4 nitrogen and oxygen atoms in total. The van der Waals surface area contributed by atoms with Crippen LogP contribution in [-0.2, 0) is 4.79 Å². The zero-order chi connectivity index (χ0) is 15.3. The lowest BCUT2D eigenvalue weighted by Crippen LogP contribution is -2.43. The monoisotopic (exact) mass is 290 g/mol. The van der Waals surface area contributed by atoms with Gasteiger partial charge in [0.15, 0.2) is 0 Å². The van der Waals surface area contributed by atoms with Crippen molar-refractivity contribution < 1.29 is 9.53 Å². The van der Waals surface area contributed by atoms with Gasteiger partial charge in [0.25, 0.3) is 0 Å². The van der Waals surface area contributed by atoms with Crippen LogP contribution < -0.4 is 15.4 Å². The van der Waals surface area contributed by atoms with E-state index in [1.54, 1.807) is 7.11 Å². The zero-order valence-electron chi connectivity index (χ0n) is 13.2. The van der Waals surface area contributed by atoms with Crippen molar-refractivity contribution in [2.45, 2.75) is 39.2 Å². The second kappa shape index (κ2) is 6.94. The predicted molar refractivity (Wildman–Crippen MR) is 84.4 cm³/mol. The highest BCUT2D eigenvalue weighted by atomic mass is 16.5. The lowest BCUT2D eigenvalue weighted by molar-refractivity contribution is -0.131. The highest BCUT2D eigenvalue weighted by molar-refractivity contribution is 5.83. The fraction of sp³-hybridized carbons (Fsp3) is 0.588. The summed E-state index contributed by atoms with van der Waals surface area (Å²) in [5.41, 5.74) is 0.872. The number of benzene rings is 1. The summed E-state index contributed by atoms with van der Waals surface area (Å²) < 4.78 is 5.16. The summed E-state index contributed by atoms with van der Waals surface area (Å²) in [4.78, 5) is 12.7. The third-order valence-electron chi connectivity index (χ3n) is 4.42. The standard InChI is InChI=1S/C17H26N2O2/c1-4-9-17(10-11-18-12-17)16(20)19-13(2)14-5-7-15(21-3)8-6-14/h5-8,13,18H,4,9-12H2,1-3H3,(H,19,20). The Morgan fingerprint density at radius 3 is 2.67 bits per heavy atom. The Labute approximate surface area is 127 Å². The molecule has 2 atom stereocenters. The van der Waals surface area contributed by atoms with Gasteiger partial charge >= 0.3 is 0 Å². The molecule has 1 saturated heterocycles. The molecule has 0 saturated carbocycles. The number of methoxy groups -OCH3 is 1. The molecule has 4 heteroatoms. The molecule has 0 aliphatic carbocycles. The van der Waals surface area contributed by atoms with Crippen LogP contribution in [0.25, 0.3) is 0 Å². The second-order valence-electron chi connectivity index (χ2n) is 5.93. The van der Waals surface area contributed by atoms with Crippen LogP contribution in [0.15, 0.2) is 24.3 Å². The third kappa shape index (κ3) is 3.56. The van der Waals surface area contributed by atoms with Crippen molar-refractivity contribution in [3.63, 3.8) is 0 Å². The molecule has 1 aromatic carbocycles. The van der Waals surface area contributed by atoms with Crippen molar-refractivity contribution in [1.82, 2.24) is 10.6 Å². The topological polar surface area (TPSA) is 50.4 Å². The maximum Gasteiger partial charge on any atom is 0.228 e. The second-order valence-corrected chi connectivity index (χ2v) is 5.93. The minimum atomic E-state index is -0.227. The molecular weight excluding hydrogens is 264 g/mol. The Bertz CT molecular complexity index is 464. The van der Waals surface area contributed by atoms with Gasteiger partial charge in [-0.3, -0.25) is 4.79 Å². The third-order valence-corrected chi connectivity index (χ3v) is 4.42. The number of amides is 1. The fourth-order valence-electron chi connectivity index (χ4n) is 3.07. The van der Waals surface area contributed by atoms with Gasteiger partial charge in [-0.2, -0.15) is 0 Å². The Morgan fingerprint density at radius 1 is 1.43 bits per heavy atom. The highest BCUT2D eigenvalue weighted by Crippen LogP contribution is 2.32. The molecule has 21 heavy (non-hydrogen) atoms. The Kier molecular flexibility index (Phi) is 5.23. The Hall–Kier alpha value is -1.55. The number of carbonyl (C=O) groups is 1. The van der Waals surface area contributed by atoms with E-state index in [0.717, 1.165) is 43.7 Å². The molecule has 1 aliphatic heterocycles. The lowest BCUT2D eigenvalue weighted by atomic mass is 9.81. The highest BCUT2D eigenvalue weighted by Gasteiger charge is 2.40. The average Bonchev–Trinajstić information content (AvgIpc) is 2.97. The molecule has 0 bridgehead atoms. The molecule has 0 radical (unpaired) electrons. The van der Waals surface area contributed by atoms with E-state index in [2.05, 4.69) is 17.6 Å². The van der Waals surface area contributed by atoms with Crippen LogP contribution in [0.1, 0.15) is 44.7 Å². The molecule has 2 rings (SSSR count). The maximum atomic E-state index is 12.7. The number of hydrogen-bond donors (Lipinski definition) is 2. The summed E-state index contributed by atoms with van der Waals surface area (Å²) in [7, 11) is 1.65. The minimum absolute atomic E-state index is 0.0118. The molecule has 1 aliphatic rings. The van der Waals surface area contributed by atoms with E-state index in [1.807, 2.05) is 31.2 Å². The number of ether oxygens (including phenoxy) is 1. The van der Waals surface area contributed by atoms with Crippen LogP contribution in [0, 0.1) is 5.41 Å². The number of carbonyl (C=O) groups excluding carboxylic acids is 1. The normalized spacial score (nSPS) is 22.8. The van der Waals surface area contributed by atoms with Crippen molar-refractivity contribution in [1.29, 1.82) is 0 Å². The van der Waals surface area contributed by atoms with Gasteiger partial charge in [-0.15, -0.1) is 0 Å². The molecule has 1 amide bonds.